The lowest BCUT2D eigenvalue weighted by Gasteiger charge is -2.34. The predicted molar refractivity (Wildman–Crippen MR) is 132 cm³/mol. The number of rotatable bonds is 9. The van der Waals surface area contributed by atoms with Gasteiger partial charge in [0, 0.05) is 36.6 Å². The van der Waals surface area contributed by atoms with E-state index >= 15 is 0 Å². The molecule has 10 nitrogen and oxygen atoms in total. The summed E-state index contributed by atoms with van der Waals surface area (Å²) >= 11 is 1.61. The van der Waals surface area contributed by atoms with E-state index < -0.39 is 20.9 Å². The monoisotopic (exact) mass is 516 g/mol. The summed E-state index contributed by atoms with van der Waals surface area (Å²) < 4.78 is 33.6. The molecule has 1 amide bonds. The Balaban J connectivity index is 1.51. The lowest BCUT2D eigenvalue weighted by atomic mass is 10.1. The standard InChI is InChI=1S/C23H24N4O6S2/c28-23(24-16-21(22-9-4-14-34-22)26-10-12-33-13-11-26)19-7-1-2-8-20(19)25-35(31,32)18-6-3-5-17(15-18)27(29)30/h1-9,14-15,21,25H,10-13,16H2,(H,24,28)/t21-/m0/s1. The molecule has 4 rings (SSSR count). The van der Waals surface area contributed by atoms with Crippen LogP contribution in [-0.4, -0.2) is 57.0 Å². The van der Waals surface area contributed by atoms with Crippen LogP contribution in [0.25, 0.3) is 0 Å². The van der Waals surface area contributed by atoms with Crippen LogP contribution in [-0.2, 0) is 14.8 Å². The Kier molecular flexibility index (Phi) is 7.76. The number of non-ortho nitro benzene ring substituents is 1. The number of morpholine rings is 1. The number of ether oxygens (including phenoxy) is 1. The molecule has 0 unspecified atom stereocenters. The zero-order valence-corrected chi connectivity index (χ0v) is 20.3. The number of benzene rings is 2. The molecular weight excluding hydrogens is 492 g/mol. The van der Waals surface area contributed by atoms with Crippen LogP contribution in [0.4, 0.5) is 11.4 Å². The Morgan fingerprint density at radius 1 is 1.11 bits per heavy atom. The molecule has 1 aliphatic heterocycles. The fraction of sp³-hybridized carbons (Fsp3) is 0.261. The minimum Gasteiger partial charge on any atom is -0.379 e. The van der Waals surface area contributed by atoms with E-state index in [0.29, 0.717) is 19.8 Å². The molecule has 1 aliphatic rings. The van der Waals surface area contributed by atoms with Crippen molar-refractivity contribution in [2.24, 2.45) is 0 Å². The summed E-state index contributed by atoms with van der Waals surface area (Å²) in [5.74, 6) is -0.433. The van der Waals surface area contributed by atoms with Crippen LogP contribution in [0, 0.1) is 10.1 Å². The Hall–Kier alpha value is -3.32. The quantitative estimate of drug-likeness (QED) is 0.330. The number of hydrogen-bond acceptors (Lipinski definition) is 8. The second kappa shape index (κ2) is 11.0. The van der Waals surface area contributed by atoms with E-state index in [1.807, 2.05) is 17.5 Å². The van der Waals surface area contributed by atoms with Gasteiger partial charge >= 0.3 is 0 Å². The van der Waals surface area contributed by atoms with Gasteiger partial charge in [-0.1, -0.05) is 24.3 Å². The van der Waals surface area contributed by atoms with Crippen LogP contribution < -0.4 is 10.0 Å². The second-order valence-corrected chi connectivity index (χ2v) is 10.5. The van der Waals surface area contributed by atoms with Crippen molar-refractivity contribution < 1.29 is 22.9 Å². The molecule has 0 saturated carbocycles. The average molecular weight is 517 g/mol. The molecule has 3 aromatic rings. The number of nitro groups is 1. The number of hydrogen-bond donors (Lipinski definition) is 2. The number of carbonyl (C=O) groups is 1. The van der Waals surface area contributed by atoms with Crippen LogP contribution in [0.1, 0.15) is 21.3 Å². The van der Waals surface area contributed by atoms with Crippen LogP contribution in [0.5, 0.6) is 0 Å². The van der Waals surface area contributed by atoms with Crippen molar-refractivity contribution in [1.29, 1.82) is 0 Å². The normalized spacial score (nSPS) is 15.3. The van der Waals surface area contributed by atoms with E-state index in [0.717, 1.165) is 24.0 Å². The summed E-state index contributed by atoms with van der Waals surface area (Å²) in [6, 6.07) is 14.9. The van der Waals surface area contributed by atoms with E-state index in [4.69, 9.17) is 4.74 Å². The summed E-state index contributed by atoms with van der Waals surface area (Å²) in [7, 11) is -4.16. The number of amides is 1. The molecule has 0 aliphatic carbocycles. The van der Waals surface area contributed by atoms with Crippen molar-refractivity contribution in [1.82, 2.24) is 10.2 Å². The van der Waals surface area contributed by atoms with E-state index in [1.54, 1.807) is 23.5 Å². The average Bonchev–Trinajstić information content (AvgIpc) is 3.39. The highest BCUT2D eigenvalue weighted by molar-refractivity contribution is 7.92. The molecule has 1 fully saturated rings. The molecule has 35 heavy (non-hydrogen) atoms. The van der Waals surface area contributed by atoms with Crippen LogP contribution in [0.15, 0.2) is 70.9 Å². The van der Waals surface area contributed by atoms with E-state index in [1.165, 1.54) is 30.3 Å². The molecule has 1 atom stereocenters. The first-order valence-corrected chi connectivity index (χ1v) is 13.2. The summed E-state index contributed by atoms with van der Waals surface area (Å²) in [4.78, 5) is 26.6. The third kappa shape index (κ3) is 6.03. The van der Waals surface area contributed by atoms with Crippen molar-refractivity contribution in [2.45, 2.75) is 10.9 Å². The van der Waals surface area contributed by atoms with Crippen LogP contribution >= 0.6 is 11.3 Å². The lowest BCUT2D eigenvalue weighted by Crippen LogP contribution is -2.43. The first kappa shape index (κ1) is 24.8. The second-order valence-electron chi connectivity index (χ2n) is 7.80. The van der Waals surface area contributed by atoms with Crippen molar-refractivity contribution in [3.05, 3.63) is 86.6 Å². The maximum Gasteiger partial charge on any atom is 0.270 e. The van der Waals surface area contributed by atoms with Gasteiger partial charge in [-0.05, 0) is 29.6 Å². The first-order valence-electron chi connectivity index (χ1n) is 10.8. The number of sulfonamides is 1. The van der Waals surface area contributed by atoms with Gasteiger partial charge in [0.05, 0.1) is 40.3 Å². The lowest BCUT2D eigenvalue weighted by molar-refractivity contribution is -0.385. The Labute approximate surface area is 206 Å². The molecule has 2 aromatic carbocycles. The number of nitrogens with one attached hydrogen (secondary N) is 2. The van der Waals surface area contributed by atoms with Crippen molar-refractivity contribution >= 4 is 38.6 Å². The summed E-state index contributed by atoms with van der Waals surface area (Å²) in [6.07, 6.45) is 0. The number of carbonyl (C=O) groups excluding carboxylic acids is 1. The summed E-state index contributed by atoms with van der Waals surface area (Å²) in [6.45, 7) is 3.08. The Morgan fingerprint density at radius 3 is 2.60 bits per heavy atom. The number of thiophene rings is 1. The Bertz CT molecular complexity index is 1290. The zero-order chi connectivity index (χ0) is 24.8. The maximum absolute atomic E-state index is 13.1. The highest BCUT2D eigenvalue weighted by atomic mass is 32.2. The van der Waals surface area contributed by atoms with Gasteiger partial charge in [-0.15, -0.1) is 11.3 Å². The van der Waals surface area contributed by atoms with Gasteiger partial charge in [0.15, 0.2) is 0 Å². The minimum atomic E-state index is -4.16. The van der Waals surface area contributed by atoms with Gasteiger partial charge < -0.3 is 10.1 Å². The number of nitrogens with zero attached hydrogens (tertiary/aromatic N) is 2. The number of para-hydroxylation sites is 1. The van der Waals surface area contributed by atoms with Gasteiger partial charge in [-0.2, -0.15) is 0 Å². The molecule has 0 radical (unpaired) electrons. The van der Waals surface area contributed by atoms with Gasteiger partial charge in [0.2, 0.25) is 0 Å². The van der Waals surface area contributed by atoms with E-state index in [9.17, 15) is 23.3 Å². The van der Waals surface area contributed by atoms with E-state index in [2.05, 4.69) is 14.9 Å². The third-order valence-corrected chi connectivity index (χ3v) is 7.91. The molecular formula is C23H24N4O6S2. The molecule has 0 bridgehead atoms. The SMILES string of the molecule is O=C(NC[C@@H](c1cccs1)N1CCOCC1)c1ccccc1NS(=O)(=O)c1cccc([N+](=O)[O-])c1. The maximum atomic E-state index is 13.1. The topological polar surface area (TPSA) is 131 Å². The minimum absolute atomic E-state index is 0.0310. The van der Waals surface area contributed by atoms with Crippen molar-refractivity contribution in [3.8, 4) is 0 Å². The zero-order valence-electron chi connectivity index (χ0n) is 18.6. The smallest absolute Gasteiger partial charge is 0.270 e. The highest BCUT2D eigenvalue weighted by Crippen LogP contribution is 2.26. The van der Waals surface area contributed by atoms with Crippen LogP contribution in [0.2, 0.25) is 0 Å². The fourth-order valence-corrected chi connectivity index (χ4v) is 5.78. The predicted octanol–water partition coefficient (Wildman–Crippen LogP) is 3.26. The van der Waals surface area contributed by atoms with E-state index in [-0.39, 0.29) is 27.9 Å². The number of anilines is 1. The molecule has 2 N–H and O–H groups in total. The molecule has 2 heterocycles. The van der Waals surface area contributed by atoms with Crippen molar-refractivity contribution in [2.75, 3.05) is 37.6 Å². The van der Waals surface area contributed by atoms with Crippen LogP contribution in [0.3, 0.4) is 0 Å². The van der Waals surface area contributed by atoms with Gasteiger partial charge in [0.1, 0.15) is 0 Å². The highest BCUT2D eigenvalue weighted by Gasteiger charge is 2.25. The van der Waals surface area contributed by atoms with Gasteiger partial charge in [0.25, 0.3) is 21.6 Å². The molecule has 1 saturated heterocycles. The molecule has 12 heteroatoms. The fourth-order valence-electron chi connectivity index (χ4n) is 3.80. The molecule has 1 aromatic heterocycles. The first-order chi connectivity index (χ1) is 16.8. The van der Waals surface area contributed by atoms with Gasteiger partial charge in [-0.3, -0.25) is 24.5 Å². The number of nitro benzene ring substituents is 1. The molecule has 184 valence electrons. The molecule has 0 spiro atoms. The largest absolute Gasteiger partial charge is 0.379 e. The van der Waals surface area contributed by atoms with Gasteiger partial charge in [-0.25, -0.2) is 8.42 Å². The Morgan fingerprint density at radius 2 is 1.89 bits per heavy atom. The summed E-state index contributed by atoms with van der Waals surface area (Å²) in [5.41, 5.74) is -0.120. The van der Waals surface area contributed by atoms with Crippen molar-refractivity contribution in [3.63, 3.8) is 0 Å². The third-order valence-electron chi connectivity index (χ3n) is 5.57. The summed E-state index contributed by atoms with van der Waals surface area (Å²) in [5, 5.41) is 16.0.